The van der Waals surface area contributed by atoms with Gasteiger partial charge in [-0.25, -0.2) is 28.7 Å². The van der Waals surface area contributed by atoms with Crippen LogP contribution in [-0.4, -0.2) is 94.0 Å². The Morgan fingerprint density at radius 3 is 1.63 bits per heavy atom. The molecule has 8 aromatic rings. The van der Waals surface area contributed by atoms with Gasteiger partial charge in [0.2, 0.25) is 23.0 Å². The molecule has 2 aliphatic rings. The summed E-state index contributed by atoms with van der Waals surface area (Å²) in [4.78, 5) is 45.0. The second-order valence-corrected chi connectivity index (χ2v) is 18.4. The van der Waals surface area contributed by atoms with Gasteiger partial charge in [0, 0.05) is 84.0 Å². The second-order valence-electron chi connectivity index (χ2n) is 18.1. The lowest BCUT2D eigenvalue weighted by molar-refractivity contribution is -0.112. The minimum Gasteiger partial charge on any atom is -0.490 e. The summed E-state index contributed by atoms with van der Waals surface area (Å²) in [5.74, 6) is -0.0180. The predicted octanol–water partition coefficient (Wildman–Crippen LogP) is 11.7. The fourth-order valence-corrected chi connectivity index (χ4v) is 8.63. The van der Waals surface area contributed by atoms with E-state index in [1.54, 1.807) is 42.7 Å². The number of carbonyl (C=O) groups excluding carboxylic acids is 2. The Morgan fingerprint density at radius 1 is 0.640 bits per heavy atom. The van der Waals surface area contributed by atoms with Crippen LogP contribution in [0.25, 0.3) is 44.1 Å². The number of carbonyl (C=O) groups is 2. The number of nitrogens with zero attached hydrogens (tertiary/aromatic N) is 6. The van der Waals surface area contributed by atoms with E-state index in [4.69, 9.17) is 26.8 Å². The highest BCUT2D eigenvalue weighted by Gasteiger charge is 2.20. The molecule has 5 N–H and O–H groups in total. The number of piperidine rings is 2. The number of amides is 2. The van der Waals surface area contributed by atoms with E-state index in [-0.39, 0.29) is 46.6 Å². The van der Waals surface area contributed by atoms with Crippen LogP contribution in [0.5, 0.6) is 11.5 Å². The highest BCUT2D eigenvalue weighted by Crippen LogP contribution is 2.32. The zero-order chi connectivity index (χ0) is 52.8. The van der Waals surface area contributed by atoms with Gasteiger partial charge < -0.3 is 41.0 Å². The van der Waals surface area contributed by atoms with Crippen molar-refractivity contribution in [2.24, 2.45) is 0 Å². The van der Waals surface area contributed by atoms with Crippen molar-refractivity contribution in [1.82, 2.24) is 29.7 Å². The average molecular weight is 1030 g/mol. The van der Waals surface area contributed by atoms with E-state index in [0.29, 0.717) is 28.4 Å². The lowest BCUT2D eigenvalue weighted by Gasteiger charge is -2.29. The molecular formula is C58H57ClF2N10O4. The standard InChI is InChI=1S/C29H28FN5O2.C17H12ClN3O.C12H17FN2O/c1-3-27(36)32-21-8-4-6-19(16-21)24-9-5-7-20-18-31-29(34-28(20)24)33-26-11-10-23(17-25(26)30)37-22-12-14-35(2)15-13-22;1-2-15(22)20-13-7-3-5-11(9-13)14-8-4-6-12-10-19-17(18)21-16(12)14;1-15-6-4-9(5-7-15)16-10-2-3-12(14)11(13)8-10/h3-11,16-18,22H,1,12-15H2,2H3,(H,32,36)(H,31,33,34);2-10H,1H2,(H,20,22);2-3,8-9H,4-7,14H2,1H3. The number of aromatic nitrogens is 4. The Balaban J connectivity index is 0.000000166. The quantitative estimate of drug-likeness (QED) is 0.0519. The van der Waals surface area contributed by atoms with Crippen LogP contribution >= 0.6 is 11.6 Å². The van der Waals surface area contributed by atoms with E-state index in [2.05, 4.69) is 72.9 Å². The lowest BCUT2D eigenvalue weighted by Crippen LogP contribution is -2.35. The third kappa shape index (κ3) is 14.5. The van der Waals surface area contributed by atoms with Gasteiger partial charge >= 0.3 is 0 Å². The Kier molecular flexibility index (Phi) is 17.7. The normalized spacial score (nSPS) is 14.1. The Morgan fingerprint density at radius 2 is 1.12 bits per heavy atom. The molecule has 0 radical (unpaired) electrons. The topological polar surface area (TPSA) is 173 Å². The highest BCUT2D eigenvalue weighted by molar-refractivity contribution is 6.28. The van der Waals surface area contributed by atoms with Gasteiger partial charge in [0.25, 0.3) is 0 Å². The molecule has 0 aliphatic carbocycles. The smallest absolute Gasteiger partial charge is 0.247 e. The van der Waals surface area contributed by atoms with Gasteiger partial charge in [0.05, 0.1) is 22.4 Å². The summed E-state index contributed by atoms with van der Waals surface area (Å²) < 4.78 is 39.8. The Labute approximate surface area is 439 Å². The molecule has 0 saturated carbocycles. The summed E-state index contributed by atoms with van der Waals surface area (Å²) in [6.07, 6.45) is 9.97. The third-order valence-electron chi connectivity index (χ3n) is 12.5. The number of nitrogens with one attached hydrogen (secondary N) is 3. The molecule has 2 saturated heterocycles. The fourth-order valence-electron chi connectivity index (χ4n) is 8.49. The maximum atomic E-state index is 14.9. The predicted molar refractivity (Wildman–Crippen MR) is 295 cm³/mol. The number of hydrogen-bond donors (Lipinski definition) is 4. The van der Waals surface area contributed by atoms with Gasteiger partial charge in [-0.05, 0) is 123 Å². The molecule has 75 heavy (non-hydrogen) atoms. The van der Waals surface area contributed by atoms with Crippen LogP contribution in [0.2, 0.25) is 5.28 Å². The first-order valence-electron chi connectivity index (χ1n) is 24.4. The monoisotopic (exact) mass is 1030 g/mol. The average Bonchev–Trinajstić information content (AvgIpc) is 3.42. The molecule has 0 bridgehead atoms. The summed E-state index contributed by atoms with van der Waals surface area (Å²) in [5.41, 5.74) is 12.2. The molecule has 2 aliphatic heterocycles. The van der Waals surface area contributed by atoms with E-state index in [1.807, 2.05) is 78.9 Å². The van der Waals surface area contributed by atoms with Crippen molar-refractivity contribution in [3.63, 3.8) is 0 Å². The van der Waals surface area contributed by atoms with Crippen molar-refractivity contribution < 1.29 is 27.8 Å². The van der Waals surface area contributed by atoms with Crippen LogP contribution in [0, 0.1) is 11.6 Å². The van der Waals surface area contributed by atoms with Crippen molar-refractivity contribution in [2.45, 2.75) is 37.9 Å². The Bertz CT molecular complexity index is 3330. The molecule has 2 amide bonds. The number of ether oxygens (including phenoxy) is 2. The highest BCUT2D eigenvalue weighted by atomic mass is 35.5. The molecule has 0 spiro atoms. The second kappa shape index (κ2) is 25.1. The molecule has 6 aromatic carbocycles. The number of para-hydroxylation sites is 2. The van der Waals surface area contributed by atoms with Gasteiger partial charge in [-0.2, -0.15) is 0 Å². The molecule has 0 atom stereocenters. The largest absolute Gasteiger partial charge is 0.490 e. The molecule has 2 fully saturated rings. The summed E-state index contributed by atoms with van der Waals surface area (Å²) in [7, 11) is 4.19. The van der Waals surface area contributed by atoms with Crippen molar-refractivity contribution in [3.8, 4) is 33.8 Å². The van der Waals surface area contributed by atoms with E-state index in [9.17, 15) is 18.4 Å². The first-order valence-corrected chi connectivity index (χ1v) is 24.7. The number of nitrogen functional groups attached to an aromatic ring is 1. The summed E-state index contributed by atoms with van der Waals surface area (Å²) in [5, 5.41) is 10.5. The van der Waals surface area contributed by atoms with Gasteiger partial charge in [0.1, 0.15) is 35.3 Å². The van der Waals surface area contributed by atoms with Gasteiger partial charge in [-0.3, -0.25) is 9.59 Å². The van der Waals surface area contributed by atoms with Crippen LogP contribution in [0.4, 0.5) is 37.5 Å². The van der Waals surface area contributed by atoms with E-state index >= 15 is 0 Å². The molecule has 2 aromatic heterocycles. The van der Waals surface area contributed by atoms with Crippen LogP contribution in [0.15, 0.2) is 159 Å². The Hall–Kier alpha value is -8.31. The minimum atomic E-state index is -0.437. The number of halogens is 3. The van der Waals surface area contributed by atoms with E-state index in [1.165, 1.54) is 24.3 Å². The van der Waals surface area contributed by atoms with Crippen molar-refractivity contribution in [2.75, 3.05) is 62.0 Å². The van der Waals surface area contributed by atoms with Gasteiger partial charge in [-0.15, -0.1) is 0 Å². The molecule has 0 unspecified atom stereocenters. The number of rotatable bonds is 12. The van der Waals surface area contributed by atoms with Crippen LogP contribution in [-0.2, 0) is 9.59 Å². The molecule has 10 rings (SSSR count). The van der Waals surface area contributed by atoms with Gasteiger partial charge in [-0.1, -0.05) is 73.8 Å². The molecule has 4 heterocycles. The summed E-state index contributed by atoms with van der Waals surface area (Å²) >= 11 is 5.91. The summed E-state index contributed by atoms with van der Waals surface area (Å²) in [6, 6.07) is 36.0. The third-order valence-corrected chi connectivity index (χ3v) is 12.7. The van der Waals surface area contributed by atoms with E-state index < -0.39 is 11.6 Å². The van der Waals surface area contributed by atoms with Crippen LogP contribution < -0.4 is 31.2 Å². The molecular weight excluding hydrogens is 974 g/mol. The SMILES string of the molecule is C=CC(=O)Nc1cccc(-c2cccc3cnc(Cl)nc23)c1.C=CC(=O)Nc1cccc(-c2cccc3cnc(Nc4ccc(OC5CCN(C)CC5)cc4F)nc23)c1.CN1CCC(Oc2ccc(N)c(F)c2)CC1. The number of fused-ring (bicyclic) bond motifs is 2. The number of benzene rings is 6. The zero-order valence-electron chi connectivity index (χ0n) is 41.6. The van der Waals surface area contributed by atoms with Crippen LogP contribution in [0.3, 0.4) is 0 Å². The minimum absolute atomic E-state index is 0.0974. The van der Waals surface area contributed by atoms with Crippen molar-refractivity contribution in [3.05, 3.63) is 176 Å². The number of nitrogens with two attached hydrogens (primary N) is 1. The number of hydrogen-bond acceptors (Lipinski definition) is 12. The van der Waals surface area contributed by atoms with Crippen LogP contribution in [0.1, 0.15) is 25.7 Å². The first kappa shape index (κ1) is 53.0. The first-order chi connectivity index (χ1) is 36.3. The zero-order valence-corrected chi connectivity index (χ0v) is 42.4. The molecule has 384 valence electrons. The van der Waals surface area contributed by atoms with E-state index in [0.717, 1.165) is 90.4 Å². The van der Waals surface area contributed by atoms with Crippen molar-refractivity contribution >= 4 is 73.9 Å². The molecule has 14 nitrogen and oxygen atoms in total. The number of likely N-dealkylation sites (tertiary alicyclic amines) is 2. The number of anilines is 5. The van der Waals surface area contributed by atoms with Gasteiger partial charge in [0.15, 0.2) is 0 Å². The summed E-state index contributed by atoms with van der Waals surface area (Å²) in [6.45, 7) is 10.9. The van der Waals surface area contributed by atoms with Crippen molar-refractivity contribution in [1.29, 1.82) is 0 Å². The maximum absolute atomic E-state index is 14.9. The maximum Gasteiger partial charge on any atom is 0.247 e. The lowest BCUT2D eigenvalue weighted by atomic mass is 10.0. The molecule has 17 heteroatoms. The fraction of sp³-hybridized carbons (Fsp3) is 0.207.